The zero-order valence-corrected chi connectivity index (χ0v) is 23.5. The maximum Gasteiger partial charge on any atom is 0.334 e. The van der Waals surface area contributed by atoms with Gasteiger partial charge in [-0.15, -0.1) is 50.5 Å². The molecule has 0 radical (unpaired) electrons. The minimum absolute atomic E-state index is 0. The lowest BCUT2D eigenvalue weighted by atomic mass is 10.4. The Bertz CT molecular complexity index is 946. The first kappa shape index (κ1) is 67.0. The van der Waals surface area contributed by atoms with Crippen molar-refractivity contribution in [1.82, 2.24) is 0 Å². The molecule has 1 nitrogen and oxygen atoms in total. The van der Waals surface area contributed by atoms with Gasteiger partial charge in [0.15, 0.2) is 0 Å². The van der Waals surface area contributed by atoms with Gasteiger partial charge in [-0.25, -0.2) is 0 Å². The Kier molecular flexibility index (Phi) is 79.2. The first-order valence-electron chi connectivity index (χ1n) is 10.4. The van der Waals surface area contributed by atoms with Gasteiger partial charge in [-0.2, -0.15) is 17.6 Å². The van der Waals surface area contributed by atoms with Crippen molar-refractivity contribution in [1.29, 1.82) is 0 Å². The van der Waals surface area contributed by atoms with Crippen molar-refractivity contribution in [3.8, 4) is 24.2 Å². The molecular formula is C32H48B2F7OP-6. The summed E-state index contributed by atoms with van der Waals surface area (Å²) < 4.78 is 41.1. The fourth-order valence-corrected chi connectivity index (χ4v) is 4.48. The number of hydrogen-bond donors (Lipinski definition) is 0. The molecular weight excluding hydrogens is 586 g/mol. The highest BCUT2D eigenvalue weighted by atomic mass is 31.1. The van der Waals surface area contributed by atoms with Gasteiger partial charge in [-0.05, 0) is 44.6 Å². The lowest BCUT2D eigenvalue weighted by molar-refractivity contribution is -0.00100. The summed E-state index contributed by atoms with van der Waals surface area (Å²) in [6, 6.07) is 32.3. The van der Waals surface area contributed by atoms with Crippen molar-refractivity contribution in [2.24, 2.45) is 0 Å². The van der Waals surface area contributed by atoms with Gasteiger partial charge >= 0.3 is 12.2 Å². The number of hydrogen-bond acceptors (Lipinski definition) is 1. The van der Waals surface area contributed by atoms with E-state index in [4.69, 9.17) is 0 Å². The molecule has 0 aliphatic carbocycles. The van der Waals surface area contributed by atoms with Crippen LogP contribution in [0, 0.1) is 24.2 Å². The second-order valence-electron chi connectivity index (χ2n) is 5.65. The van der Waals surface area contributed by atoms with Gasteiger partial charge in [-0.3, -0.25) is 0 Å². The third-order valence-corrected chi connectivity index (χ3v) is 5.88. The maximum atomic E-state index is 10.3. The maximum absolute atomic E-state index is 10.3. The summed E-state index contributed by atoms with van der Waals surface area (Å²) in [7, 11) is -0.446. The molecule has 0 amide bonds. The largest absolute Gasteiger partial charge is 1.00 e. The highest BCUT2D eigenvalue weighted by Crippen LogP contribution is 2.32. The summed E-state index contributed by atoms with van der Waals surface area (Å²) in [4.78, 5) is 0. The van der Waals surface area contributed by atoms with Gasteiger partial charge in [0.25, 0.3) is 0 Å². The standard InChI is InChI=1S/C18H15P.C4H6.C3H4.C2F4.2C2H4.CH4.2BH4.3FH.H2O.H2/c1-4-10-16(11-5-1)19(17-12-6-2-7-13-17)18-14-8-3-9-15-18;1-3-4-2;1-3-2;3-1(4)2(5)6;2*1-2;;;;;;;;/h1-15H;1-2H3;1H,2H3;;2*1-2H2;3*1H4;3*1H;1H2;1H/q;;;;;;;2*-1;;;;;/p-4. The Labute approximate surface area is 261 Å². The first-order chi connectivity index (χ1) is 17.4. The van der Waals surface area contributed by atoms with E-state index in [9.17, 15) is 17.6 Å². The summed E-state index contributed by atoms with van der Waals surface area (Å²) in [6.07, 6.45) is -1.22. The van der Waals surface area contributed by atoms with E-state index in [1.54, 1.807) is 6.92 Å². The van der Waals surface area contributed by atoms with Gasteiger partial charge in [0, 0.05) is 1.43 Å². The van der Waals surface area contributed by atoms with Crippen LogP contribution in [-0.2, 0) is 0 Å². The normalized spacial score (nSPS) is 6.49. The third kappa shape index (κ3) is 36.0. The molecule has 0 aliphatic rings. The van der Waals surface area contributed by atoms with Crippen LogP contribution >= 0.6 is 7.92 Å². The van der Waals surface area contributed by atoms with Gasteiger partial charge < -0.3 is 19.6 Å². The monoisotopic (exact) mass is 634 g/mol. The van der Waals surface area contributed by atoms with Crippen LogP contribution in [0.15, 0.2) is 129 Å². The zero-order chi connectivity index (χ0) is 28.2. The van der Waals surface area contributed by atoms with Crippen LogP contribution in [0.4, 0.5) is 17.6 Å². The molecule has 0 unspecified atom stereocenters. The van der Waals surface area contributed by atoms with Crippen molar-refractivity contribution in [2.45, 2.75) is 28.2 Å². The molecule has 0 saturated heterocycles. The Morgan fingerprint density at radius 3 is 0.860 bits per heavy atom. The lowest BCUT2D eigenvalue weighted by Crippen LogP contribution is -3.00. The van der Waals surface area contributed by atoms with Gasteiger partial charge in [0.1, 0.15) is 0 Å². The van der Waals surface area contributed by atoms with Gasteiger partial charge in [0.05, 0.1) is 0 Å². The Balaban J connectivity index is -0.0000000419. The smallest absolute Gasteiger partial charge is 0.334 e. The summed E-state index contributed by atoms with van der Waals surface area (Å²) in [6.45, 7) is 17.3. The Morgan fingerprint density at radius 2 is 0.744 bits per heavy atom. The molecule has 0 heterocycles. The fourth-order valence-electron chi connectivity index (χ4n) is 2.18. The van der Waals surface area contributed by atoms with Crippen LogP contribution in [-0.4, -0.2) is 22.3 Å². The first-order valence-corrected chi connectivity index (χ1v) is 11.8. The van der Waals surface area contributed by atoms with E-state index >= 15 is 0 Å². The number of terminal acetylenes is 1. The average Bonchev–Trinajstić information content (AvgIpc) is 2.94. The van der Waals surface area contributed by atoms with Crippen molar-refractivity contribution < 1.29 is 38.6 Å². The summed E-state index contributed by atoms with van der Waals surface area (Å²) >= 11 is 0. The van der Waals surface area contributed by atoms with Crippen molar-refractivity contribution in [3.63, 3.8) is 0 Å². The molecule has 1 N–H and O–H groups in total. The predicted octanol–water partition coefficient (Wildman–Crippen LogP) is -2.48. The van der Waals surface area contributed by atoms with Crippen LogP contribution in [0.5, 0.6) is 0 Å². The van der Waals surface area contributed by atoms with E-state index in [1.807, 2.05) is 13.8 Å². The molecule has 0 aliphatic heterocycles. The highest BCUT2D eigenvalue weighted by Gasteiger charge is 2.14. The second-order valence-corrected chi connectivity index (χ2v) is 7.87. The summed E-state index contributed by atoms with van der Waals surface area (Å²) in [5.41, 5.74) is 0. The average molecular weight is 634 g/mol. The molecule has 0 spiro atoms. The van der Waals surface area contributed by atoms with E-state index in [0.29, 0.717) is 0 Å². The molecule has 3 aromatic rings. The van der Waals surface area contributed by atoms with Gasteiger partial charge in [0.2, 0.25) is 0 Å². The fraction of sp³-hybridized carbons (Fsp3) is 0.125. The Morgan fingerprint density at radius 1 is 0.581 bits per heavy atom. The van der Waals surface area contributed by atoms with E-state index in [1.165, 1.54) is 15.9 Å². The number of halogens is 7. The third-order valence-electron chi connectivity index (χ3n) is 3.44. The molecule has 3 aromatic carbocycles. The molecule has 43 heavy (non-hydrogen) atoms. The van der Waals surface area contributed by atoms with E-state index in [2.05, 4.69) is 141 Å². The molecule has 3 rings (SSSR count). The van der Waals surface area contributed by atoms with Crippen LogP contribution < -0.4 is 30.0 Å². The van der Waals surface area contributed by atoms with E-state index < -0.39 is 20.1 Å². The summed E-state index contributed by atoms with van der Waals surface area (Å²) in [5.74, 6) is 7.61. The quantitative estimate of drug-likeness (QED) is 0.103. The number of benzene rings is 3. The number of rotatable bonds is 3. The minimum atomic E-state index is -2.91. The van der Waals surface area contributed by atoms with E-state index in [0.717, 1.165) is 0 Å². The van der Waals surface area contributed by atoms with Crippen LogP contribution in [0.25, 0.3) is 0 Å². The van der Waals surface area contributed by atoms with Gasteiger partial charge in [-0.1, -0.05) is 115 Å². The zero-order valence-electron chi connectivity index (χ0n) is 22.6. The second kappa shape index (κ2) is 50.8. The molecule has 0 bridgehead atoms. The van der Waals surface area contributed by atoms with Crippen molar-refractivity contribution in [3.05, 3.63) is 129 Å². The van der Waals surface area contributed by atoms with Crippen LogP contribution in [0.2, 0.25) is 0 Å². The van der Waals surface area contributed by atoms with Crippen molar-refractivity contribution >= 4 is 40.7 Å². The molecule has 0 fully saturated rings. The lowest BCUT2D eigenvalue weighted by Gasteiger charge is -2.18. The highest BCUT2D eigenvalue weighted by molar-refractivity contribution is 7.79. The SMILES string of the molecule is C.C#CC.C=C.C=C.CC#CC.FC(F)=C(F)F.[BH4-].[BH4-].[F-].[F-].[F-].[HH].[OH-].c1ccc(P(c2ccccc2)c2ccccc2)cc1. The molecule has 11 heteroatoms. The Hall–Kier alpha value is -3.97. The van der Waals surface area contributed by atoms with Crippen LogP contribution in [0.3, 0.4) is 0 Å². The molecule has 0 atom stereocenters. The summed E-state index contributed by atoms with van der Waals surface area (Å²) in [5, 5.41) is 4.19. The predicted molar refractivity (Wildman–Crippen MR) is 186 cm³/mol. The minimum Gasteiger partial charge on any atom is -1.00 e. The van der Waals surface area contributed by atoms with E-state index in [-0.39, 0.29) is 45.3 Å². The topological polar surface area (TPSA) is 30.0 Å². The van der Waals surface area contributed by atoms with Crippen LogP contribution in [0.1, 0.15) is 29.6 Å². The molecule has 248 valence electrons. The van der Waals surface area contributed by atoms with Crippen molar-refractivity contribution in [2.75, 3.05) is 0 Å². The molecule has 0 aromatic heterocycles. The molecule has 0 saturated carbocycles.